The van der Waals surface area contributed by atoms with Gasteiger partial charge in [0.1, 0.15) is 0 Å². The topological polar surface area (TPSA) is 28.2 Å². The van der Waals surface area contributed by atoms with Gasteiger partial charge in [0.2, 0.25) is 0 Å². The lowest BCUT2D eigenvalue weighted by Crippen LogP contribution is -2.41. The summed E-state index contributed by atoms with van der Waals surface area (Å²) in [7, 11) is 4.34. The monoisotopic (exact) mass is 295 g/mol. The van der Waals surface area contributed by atoms with E-state index in [0.717, 1.165) is 13.1 Å². The number of aromatic nitrogens is 1. The predicted molar refractivity (Wildman–Crippen MR) is 87.2 cm³/mol. The molecular formula is C16H29N3S. The second-order valence-corrected chi connectivity index (χ2v) is 7.54. The average molecular weight is 295 g/mol. The number of nitrogens with zero attached hydrogens (tertiary/aromatic N) is 2. The minimum absolute atomic E-state index is 0.463. The lowest BCUT2D eigenvalue weighted by atomic mass is 9.79. The number of thiazole rings is 1. The first-order valence-electron chi connectivity index (χ1n) is 7.88. The Hall–Kier alpha value is -0.450. The zero-order valence-corrected chi connectivity index (χ0v) is 14.1. The quantitative estimate of drug-likeness (QED) is 0.815. The molecule has 1 fully saturated rings. The number of rotatable bonds is 6. The van der Waals surface area contributed by atoms with Crippen molar-refractivity contribution in [3.8, 4) is 0 Å². The Kier molecular flexibility index (Phi) is 6.00. The molecule has 0 unspecified atom stereocenters. The lowest BCUT2D eigenvalue weighted by Gasteiger charge is -2.36. The Morgan fingerprint density at radius 1 is 1.30 bits per heavy atom. The molecule has 20 heavy (non-hydrogen) atoms. The van der Waals surface area contributed by atoms with Crippen LogP contribution >= 0.6 is 11.3 Å². The van der Waals surface area contributed by atoms with Gasteiger partial charge in [0, 0.05) is 25.0 Å². The van der Waals surface area contributed by atoms with E-state index >= 15 is 0 Å². The van der Waals surface area contributed by atoms with E-state index in [0.29, 0.717) is 5.41 Å². The van der Waals surface area contributed by atoms with Crippen molar-refractivity contribution >= 4 is 11.3 Å². The van der Waals surface area contributed by atoms with Gasteiger partial charge in [-0.15, -0.1) is 11.3 Å². The average Bonchev–Trinajstić information content (AvgIpc) is 2.66. The third-order valence-electron chi connectivity index (χ3n) is 4.42. The molecule has 4 heteroatoms. The molecule has 0 saturated heterocycles. The minimum Gasteiger partial charge on any atom is -0.319 e. The number of hydrogen-bond acceptors (Lipinski definition) is 4. The highest BCUT2D eigenvalue weighted by Crippen LogP contribution is 2.35. The highest BCUT2D eigenvalue weighted by molar-refractivity contribution is 7.09. The Balaban J connectivity index is 1.95. The highest BCUT2D eigenvalue weighted by Gasteiger charge is 2.31. The van der Waals surface area contributed by atoms with Gasteiger partial charge in [-0.2, -0.15) is 0 Å². The van der Waals surface area contributed by atoms with Crippen LogP contribution in [0.2, 0.25) is 0 Å². The first kappa shape index (κ1) is 15.9. The summed E-state index contributed by atoms with van der Waals surface area (Å²) in [6.45, 7) is 5.40. The fraction of sp³-hybridized carbons (Fsp3) is 0.812. The van der Waals surface area contributed by atoms with Crippen LogP contribution in [0.1, 0.15) is 49.2 Å². The van der Waals surface area contributed by atoms with Crippen molar-refractivity contribution in [2.24, 2.45) is 5.41 Å². The van der Waals surface area contributed by atoms with Gasteiger partial charge in [-0.3, -0.25) is 4.90 Å². The van der Waals surface area contributed by atoms with Crippen LogP contribution in [0.5, 0.6) is 0 Å². The Bertz CT molecular complexity index is 394. The minimum atomic E-state index is 0.463. The molecule has 0 aromatic carbocycles. The summed E-state index contributed by atoms with van der Waals surface area (Å²) in [5.41, 5.74) is 1.69. The van der Waals surface area contributed by atoms with Gasteiger partial charge in [-0.1, -0.05) is 25.7 Å². The summed E-state index contributed by atoms with van der Waals surface area (Å²) in [6, 6.07) is 0. The molecule has 0 amide bonds. The Morgan fingerprint density at radius 2 is 2.00 bits per heavy atom. The fourth-order valence-electron chi connectivity index (χ4n) is 3.63. The molecule has 1 saturated carbocycles. The first-order chi connectivity index (χ1) is 9.63. The molecule has 114 valence electrons. The van der Waals surface area contributed by atoms with Gasteiger partial charge in [0.05, 0.1) is 10.7 Å². The Labute approximate surface area is 127 Å². The summed E-state index contributed by atoms with van der Waals surface area (Å²) < 4.78 is 0. The maximum atomic E-state index is 4.59. The van der Waals surface area contributed by atoms with Gasteiger partial charge in [-0.05, 0) is 39.3 Å². The number of nitrogens with one attached hydrogen (secondary N) is 1. The summed E-state index contributed by atoms with van der Waals surface area (Å²) in [4.78, 5) is 7.06. The van der Waals surface area contributed by atoms with Crippen LogP contribution in [-0.2, 0) is 6.54 Å². The first-order valence-corrected chi connectivity index (χ1v) is 8.76. The van der Waals surface area contributed by atoms with Crippen LogP contribution in [0.3, 0.4) is 0 Å². The summed E-state index contributed by atoms with van der Waals surface area (Å²) >= 11 is 1.76. The van der Waals surface area contributed by atoms with Crippen molar-refractivity contribution in [2.75, 3.05) is 27.2 Å². The molecule has 0 bridgehead atoms. The van der Waals surface area contributed by atoms with Crippen molar-refractivity contribution in [3.05, 3.63) is 16.1 Å². The molecule has 1 aliphatic rings. The van der Waals surface area contributed by atoms with Crippen LogP contribution in [0.25, 0.3) is 0 Å². The second-order valence-electron chi connectivity index (χ2n) is 6.47. The third-order valence-corrected chi connectivity index (χ3v) is 5.24. The molecule has 1 aromatic heterocycles. The van der Waals surface area contributed by atoms with Crippen molar-refractivity contribution in [1.29, 1.82) is 0 Å². The van der Waals surface area contributed by atoms with Crippen LogP contribution in [0.4, 0.5) is 0 Å². The molecule has 1 aromatic rings. The largest absolute Gasteiger partial charge is 0.319 e. The summed E-state index contributed by atoms with van der Waals surface area (Å²) in [5.74, 6) is 0. The van der Waals surface area contributed by atoms with Crippen LogP contribution in [-0.4, -0.2) is 37.1 Å². The third kappa shape index (κ3) is 4.54. The van der Waals surface area contributed by atoms with E-state index in [-0.39, 0.29) is 0 Å². The molecule has 1 aliphatic carbocycles. The second kappa shape index (κ2) is 7.53. The number of aryl methyl sites for hydroxylation is 1. The van der Waals surface area contributed by atoms with E-state index in [9.17, 15) is 0 Å². The van der Waals surface area contributed by atoms with Gasteiger partial charge in [-0.25, -0.2) is 4.98 Å². The molecule has 0 atom stereocenters. The number of hydrogen-bond donors (Lipinski definition) is 1. The van der Waals surface area contributed by atoms with E-state index in [2.05, 4.69) is 41.6 Å². The molecule has 0 radical (unpaired) electrons. The maximum Gasteiger partial charge on any atom is 0.0897 e. The smallest absolute Gasteiger partial charge is 0.0897 e. The van der Waals surface area contributed by atoms with Crippen LogP contribution in [0, 0.1) is 12.3 Å². The van der Waals surface area contributed by atoms with Crippen molar-refractivity contribution < 1.29 is 0 Å². The van der Waals surface area contributed by atoms with Gasteiger partial charge < -0.3 is 5.32 Å². The van der Waals surface area contributed by atoms with Gasteiger partial charge >= 0.3 is 0 Å². The molecule has 0 spiro atoms. The maximum absolute atomic E-state index is 4.59. The molecule has 1 N–H and O–H groups in total. The molecular weight excluding hydrogens is 266 g/mol. The van der Waals surface area contributed by atoms with Gasteiger partial charge in [0.15, 0.2) is 0 Å². The van der Waals surface area contributed by atoms with E-state index in [1.807, 2.05) is 0 Å². The Morgan fingerprint density at radius 3 is 2.55 bits per heavy atom. The fourth-order valence-corrected chi connectivity index (χ4v) is 4.23. The van der Waals surface area contributed by atoms with Crippen molar-refractivity contribution in [3.63, 3.8) is 0 Å². The standard InChI is InChI=1S/C16H29N3S/c1-14-18-15(11-20-14)10-19(3)13-16(12-17-2)8-6-4-5-7-9-16/h11,17H,4-10,12-13H2,1-3H3. The summed E-state index contributed by atoms with van der Waals surface area (Å²) in [6.07, 6.45) is 8.36. The molecule has 1 heterocycles. The van der Waals surface area contributed by atoms with E-state index in [1.54, 1.807) is 11.3 Å². The van der Waals surface area contributed by atoms with Gasteiger partial charge in [0.25, 0.3) is 0 Å². The van der Waals surface area contributed by atoms with Crippen molar-refractivity contribution in [1.82, 2.24) is 15.2 Å². The van der Waals surface area contributed by atoms with E-state index < -0.39 is 0 Å². The van der Waals surface area contributed by atoms with E-state index in [4.69, 9.17) is 0 Å². The van der Waals surface area contributed by atoms with Crippen molar-refractivity contribution in [2.45, 2.75) is 52.0 Å². The zero-order valence-electron chi connectivity index (χ0n) is 13.2. The SMILES string of the molecule is CNCC1(CN(C)Cc2csc(C)n2)CCCCCC1. The molecule has 3 nitrogen and oxygen atoms in total. The zero-order chi connectivity index (χ0) is 14.4. The normalized spacial score (nSPS) is 19.2. The van der Waals surface area contributed by atoms with Crippen LogP contribution in [0.15, 0.2) is 5.38 Å². The summed E-state index contributed by atoms with van der Waals surface area (Å²) in [5, 5.41) is 6.81. The molecule has 2 rings (SSSR count). The van der Waals surface area contributed by atoms with Crippen LogP contribution < -0.4 is 5.32 Å². The lowest BCUT2D eigenvalue weighted by molar-refractivity contribution is 0.143. The van der Waals surface area contributed by atoms with E-state index in [1.165, 1.54) is 55.8 Å². The molecule has 0 aliphatic heterocycles. The predicted octanol–water partition coefficient (Wildman–Crippen LogP) is 3.44. The highest BCUT2D eigenvalue weighted by atomic mass is 32.1.